The van der Waals surface area contributed by atoms with Crippen LogP contribution >= 0.6 is 11.6 Å². The summed E-state index contributed by atoms with van der Waals surface area (Å²) >= 11 is 6.11. The number of halogens is 1. The molecule has 2 aromatic carbocycles. The molecule has 1 fully saturated rings. The molecule has 0 atom stereocenters. The van der Waals surface area contributed by atoms with Crippen molar-refractivity contribution in [3.63, 3.8) is 0 Å². The van der Waals surface area contributed by atoms with E-state index >= 15 is 0 Å². The third-order valence-electron chi connectivity index (χ3n) is 4.73. The van der Waals surface area contributed by atoms with Gasteiger partial charge < -0.3 is 14.5 Å². The molecule has 3 rings (SSSR count). The molecule has 1 aliphatic heterocycles. The molecule has 142 valence electrons. The van der Waals surface area contributed by atoms with E-state index in [0.29, 0.717) is 36.8 Å². The Labute approximate surface area is 164 Å². The molecule has 0 radical (unpaired) electrons. The van der Waals surface area contributed by atoms with Crippen molar-refractivity contribution >= 4 is 23.4 Å². The number of hydrogen-bond donors (Lipinski definition) is 0. The fourth-order valence-electron chi connectivity index (χ4n) is 3.13. The summed E-state index contributed by atoms with van der Waals surface area (Å²) in [6.45, 7) is 4.03. The van der Waals surface area contributed by atoms with Gasteiger partial charge in [0, 0.05) is 26.2 Å². The summed E-state index contributed by atoms with van der Waals surface area (Å²) in [5.74, 6) is 0.590. The molecular formula is C21H23ClN2O3. The van der Waals surface area contributed by atoms with E-state index in [1.807, 2.05) is 24.3 Å². The Morgan fingerprint density at radius 3 is 2.30 bits per heavy atom. The molecule has 1 aliphatic rings. The first-order chi connectivity index (χ1) is 13.1. The van der Waals surface area contributed by atoms with Gasteiger partial charge in [-0.25, -0.2) is 0 Å². The van der Waals surface area contributed by atoms with Crippen LogP contribution in [-0.2, 0) is 11.2 Å². The highest BCUT2D eigenvalue weighted by atomic mass is 35.5. The lowest BCUT2D eigenvalue weighted by Gasteiger charge is -2.35. The van der Waals surface area contributed by atoms with Crippen LogP contribution in [0.2, 0.25) is 5.02 Å². The zero-order chi connectivity index (χ0) is 19.2. The number of piperazine rings is 1. The van der Waals surface area contributed by atoms with E-state index in [2.05, 4.69) is 6.92 Å². The fourth-order valence-corrected chi connectivity index (χ4v) is 3.35. The number of nitrogens with zero attached hydrogens (tertiary/aromatic N) is 2. The van der Waals surface area contributed by atoms with E-state index in [9.17, 15) is 9.59 Å². The van der Waals surface area contributed by atoms with Gasteiger partial charge in [0.25, 0.3) is 11.8 Å². The highest BCUT2D eigenvalue weighted by Crippen LogP contribution is 2.19. The van der Waals surface area contributed by atoms with Crippen LogP contribution in [0.3, 0.4) is 0 Å². The van der Waals surface area contributed by atoms with Crippen molar-refractivity contribution < 1.29 is 14.3 Å². The lowest BCUT2D eigenvalue weighted by molar-refractivity contribution is -0.134. The van der Waals surface area contributed by atoms with E-state index in [1.165, 1.54) is 0 Å². The van der Waals surface area contributed by atoms with Crippen molar-refractivity contribution in [2.24, 2.45) is 0 Å². The van der Waals surface area contributed by atoms with Crippen LogP contribution in [0.4, 0.5) is 0 Å². The van der Waals surface area contributed by atoms with E-state index in [-0.39, 0.29) is 18.4 Å². The molecule has 0 spiro atoms. The van der Waals surface area contributed by atoms with E-state index < -0.39 is 0 Å². The van der Waals surface area contributed by atoms with Gasteiger partial charge in [-0.1, -0.05) is 48.9 Å². The summed E-state index contributed by atoms with van der Waals surface area (Å²) in [5.41, 5.74) is 1.58. The monoisotopic (exact) mass is 386 g/mol. The topological polar surface area (TPSA) is 49.9 Å². The first-order valence-corrected chi connectivity index (χ1v) is 9.50. The average molecular weight is 387 g/mol. The zero-order valence-corrected chi connectivity index (χ0v) is 16.1. The second-order valence-corrected chi connectivity index (χ2v) is 6.81. The summed E-state index contributed by atoms with van der Waals surface area (Å²) in [5, 5.41) is 0.448. The molecule has 2 aromatic rings. The normalized spacial score (nSPS) is 14.1. The number of benzene rings is 2. The van der Waals surface area contributed by atoms with Crippen molar-refractivity contribution in [1.29, 1.82) is 0 Å². The summed E-state index contributed by atoms with van der Waals surface area (Å²) in [6, 6.07) is 14.8. The second-order valence-electron chi connectivity index (χ2n) is 6.40. The van der Waals surface area contributed by atoms with Gasteiger partial charge in [0.05, 0.1) is 10.6 Å². The number of aryl methyl sites for hydroxylation is 1. The minimum atomic E-state index is -0.0965. The largest absolute Gasteiger partial charge is 0.483 e. The molecule has 0 unspecified atom stereocenters. The molecule has 1 saturated heterocycles. The molecule has 0 saturated carbocycles. The third-order valence-corrected chi connectivity index (χ3v) is 5.06. The molecule has 0 bridgehead atoms. The van der Waals surface area contributed by atoms with E-state index in [4.69, 9.17) is 16.3 Å². The maximum atomic E-state index is 12.6. The van der Waals surface area contributed by atoms with Gasteiger partial charge in [0.1, 0.15) is 5.75 Å². The van der Waals surface area contributed by atoms with Gasteiger partial charge in [-0.15, -0.1) is 0 Å². The van der Waals surface area contributed by atoms with Crippen LogP contribution in [-0.4, -0.2) is 54.4 Å². The molecule has 2 amide bonds. The van der Waals surface area contributed by atoms with Crippen molar-refractivity contribution in [2.45, 2.75) is 13.3 Å². The lowest BCUT2D eigenvalue weighted by Crippen LogP contribution is -2.51. The lowest BCUT2D eigenvalue weighted by atomic mass is 10.1. The second kappa shape index (κ2) is 8.91. The van der Waals surface area contributed by atoms with Crippen molar-refractivity contribution in [3.05, 3.63) is 64.7 Å². The average Bonchev–Trinajstić information content (AvgIpc) is 2.72. The van der Waals surface area contributed by atoms with Crippen molar-refractivity contribution in [3.8, 4) is 5.75 Å². The molecular weight excluding hydrogens is 364 g/mol. The Kier molecular flexibility index (Phi) is 6.35. The Morgan fingerprint density at radius 2 is 1.59 bits per heavy atom. The molecule has 27 heavy (non-hydrogen) atoms. The van der Waals surface area contributed by atoms with Crippen LogP contribution in [0.1, 0.15) is 22.8 Å². The smallest absolute Gasteiger partial charge is 0.260 e. The third kappa shape index (κ3) is 4.61. The minimum absolute atomic E-state index is 0.00940. The quantitative estimate of drug-likeness (QED) is 0.792. The number of para-hydroxylation sites is 1. The Bertz CT molecular complexity index is 817. The summed E-state index contributed by atoms with van der Waals surface area (Å²) in [4.78, 5) is 28.5. The van der Waals surface area contributed by atoms with Crippen LogP contribution in [0.15, 0.2) is 48.5 Å². The van der Waals surface area contributed by atoms with Gasteiger partial charge in [-0.3, -0.25) is 9.59 Å². The highest BCUT2D eigenvalue weighted by molar-refractivity contribution is 6.33. The van der Waals surface area contributed by atoms with E-state index in [1.54, 1.807) is 34.1 Å². The predicted octanol–water partition coefficient (Wildman–Crippen LogP) is 3.27. The van der Waals surface area contributed by atoms with Crippen LogP contribution in [0.5, 0.6) is 5.75 Å². The standard InChI is InChI=1S/C21H23ClN2O3/c1-2-16-7-3-6-10-19(16)27-15-20(25)23-11-13-24(14-12-23)21(26)17-8-4-5-9-18(17)22/h3-10H,2,11-15H2,1H3. The maximum absolute atomic E-state index is 12.6. The number of carbonyl (C=O) groups is 2. The number of hydrogen-bond acceptors (Lipinski definition) is 3. The first kappa shape index (κ1) is 19.2. The highest BCUT2D eigenvalue weighted by Gasteiger charge is 2.26. The van der Waals surface area contributed by atoms with Gasteiger partial charge >= 0.3 is 0 Å². The molecule has 0 aliphatic carbocycles. The fraction of sp³-hybridized carbons (Fsp3) is 0.333. The van der Waals surface area contributed by atoms with Crippen LogP contribution < -0.4 is 4.74 Å². The van der Waals surface area contributed by atoms with Crippen LogP contribution in [0, 0.1) is 0 Å². The number of ether oxygens (including phenoxy) is 1. The van der Waals surface area contributed by atoms with E-state index in [0.717, 1.165) is 17.7 Å². The SMILES string of the molecule is CCc1ccccc1OCC(=O)N1CCN(C(=O)c2ccccc2Cl)CC1. The molecule has 5 nitrogen and oxygen atoms in total. The van der Waals surface area contributed by atoms with Gasteiger partial charge in [-0.05, 0) is 30.2 Å². The van der Waals surface area contributed by atoms with Gasteiger partial charge in [0.15, 0.2) is 6.61 Å². The van der Waals surface area contributed by atoms with Crippen molar-refractivity contribution in [2.75, 3.05) is 32.8 Å². The Morgan fingerprint density at radius 1 is 0.963 bits per heavy atom. The summed E-state index contributed by atoms with van der Waals surface area (Å²) < 4.78 is 5.71. The van der Waals surface area contributed by atoms with Gasteiger partial charge in [0.2, 0.25) is 0 Å². The molecule has 6 heteroatoms. The number of amides is 2. The summed E-state index contributed by atoms with van der Waals surface area (Å²) in [7, 11) is 0. The Balaban J connectivity index is 1.52. The molecule has 0 N–H and O–H groups in total. The number of rotatable bonds is 5. The molecule has 0 aromatic heterocycles. The number of carbonyl (C=O) groups excluding carboxylic acids is 2. The molecule has 1 heterocycles. The summed E-state index contributed by atoms with van der Waals surface area (Å²) in [6.07, 6.45) is 0.854. The Hall–Kier alpha value is -2.53. The maximum Gasteiger partial charge on any atom is 0.260 e. The predicted molar refractivity (Wildman–Crippen MR) is 105 cm³/mol. The van der Waals surface area contributed by atoms with Gasteiger partial charge in [-0.2, -0.15) is 0 Å². The van der Waals surface area contributed by atoms with Crippen molar-refractivity contribution in [1.82, 2.24) is 9.80 Å². The first-order valence-electron chi connectivity index (χ1n) is 9.12. The minimum Gasteiger partial charge on any atom is -0.483 e. The zero-order valence-electron chi connectivity index (χ0n) is 15.4. The van der Waals surface area contributed by atoms with Crippen LogP contribution in [0.25, 0.3) is 0 Å².